The Kier molecular flexibility index (Phi) is 8.15. The molecule has 0 aromatic heterocycles. The van der Waals surface area contributed by atoms with Gasteiger partial charge in [0.2, 0.25) is 0 Å². The summed E-state index contributed by atoms with van der Waals surface area (Å²) in [4.78, 5) is 14.5. The first-order valence-electron chi connectivity index (χ1n) is 7.68. The third-order valence-electron chi connectivity index (χ3n) is 3.61. The molecular formula is C17H25N3O. The Hall–Kier alpha value is -1.86. The summed E-state index contributed by atoms with van der Waals surface area (Å²) in [7, 11) is 0. The molecule has 0 aliphatic heterocycles. The second kappa shape index (κ2) is 9.95. The van der Waals surface area contributed by atoms with Gasteiger partial charge in [-0.25, -0.2) is 0 Å². The summed E-state index contributed by atoms with van der Waals surface area (Å²) >= 11 is 0. The van der Waals surface area contributed by atoms with E-state index in [2.05, 4.69) is 30.1 Å². The number of hydrogen-bond acceptors (Lipinski definition) is 3. The minimum atomic E-state index is -0.0799. The molecule has 1 rings (SSSR count). The lowest BCUT2D eigenvalue weighted by atomic mass is 10.0. The average molecular weight is 287 g/mol. The minimum absolute atomic E-state index is 0.0799. The van der Waals surface area contributed by atoms with Crippen molar-refractivity contribution in [1.29, 1.82) is 5.26 Å². The van der Waals surface area contributed by atoms with Crippen molar-refractivity contribution in [3.8, 4) is 6.07 Å². The molecule has 0 spiro atoms. The standard InChI is InChI=1S/C17H25N3O/c1-3-20(4-2)14-8-7-13-19-17(21)16-10-6-5-9-15(16)11-12-18/h5-6,9-10H,3-4,7-8,11,13-14H2,1-2H3,(H,19,21). The molecule has 0 heterocycles. The van der Waals surface area contributed by atoms with Crippen LogP contribution in [0.25, 0.3) is 0 Å². The van der Waals surface area contributed by atoms with E-state index < -0.39 is 0 Å². The molecule has 0 saturated heterocycles. The SMILES string of the molecule is CCN(CC)CCCCNC(=O)c1ccccc1CC#N. The molecule has 4 heteroatoms. The van der Waals surface area contributed by atoms with Gasteiger partial charge in [0.1, 0.15) is 0 Å². The molecule has 0 aliphatic rings. The summed E-state index contributed by atoms with van der Waals surface area (Å²) in [6.07, 6.45) is 2.33. The fourth-order valence-corrected chi connectivity index (χ4v) is 2.28. The topological polar surface area (TPSA) is 56.1 Å². The van der Waals surface area contributed by atoms with Crippen molar-refractivity contribution in [2.24, 2.45) is 0 Å². The Bertz CT molecular complexity index is 475. The van der Waals surface area contributed by atoms with Crippen molar-refractivity contribution in [3.05, 3.63) is 35.4 Å². The number of carbonyl (C=O) groups is 1. The summed E-state index contributed by atoms with van der Waals surface area (Å²) in [5.41, 5.74) is 1.41. The number of carbonyl (C=O) groups excluding carboxylic acids is 1. The minimum Gasteiger partial charge on any atom is -0.352 e. The summed E-state index contributed by atoms with van der Waals surface area (Å²) < 4.78 is 0. The van der Waals surface area contributed by atoms with Crippen molar-refractivity contribution >= 4 is 5.91 Å². The molecule has 4 nitrogen and oxygen atoms in total. The summed E-state index contributed by atoms with van der Waals surface area (Å²) in [5.74, 6) is -0.0799. The zero-order chi connectivity index (χ0) is 15.5. The van der Waals surface area contributed by atoms with Gasteiger partial charge in [-0.3, -0.25) is 4.79 Å². The maximum atomic E-state index is 12.1. The van der Waals surface area contributed by atoms with Gasteiger partial charge in [0, 0.05) is 12.1 Å². The zero-order valence-corrected chi connectivity index (χ0v) is 13.1. The zero-order valence-electron chi connectivity index (χ0n) is 13.1. The first kappa shape index (κ1) is 17.2. The quantitative estimate of drug-likeness (QED) is 0.710. The van der Waals surface area contributed by atoms with Gasteiger partial charge in [-0.05, 0) is 44.1 Å². The number of amides is 1. The summed E-state index contributed by atoms with van der Waals surface area (Å²) in [5, 5.41) is 11.7. The van der Waals surface area contributed by atoms with Crippen molar-refractivity contribution in [3.63, 3.8) is 0 Å². The predicted molar refractivity (Wildman–Crippen MR) is 85.1 cm³/mol. The van der Waals surface area contributed by atoms with Gasteiger partial charge in [0.05, 0.1) is 12.5 Å². The molecule has 21 heavy (non-hydrogen) atoms. The number of benzene rings is 1. The number of unbranched alkanes of at least 4 members (excludes halogenated alkanes) is 1. The predicted octanol–water partition coefficient (Wildman–Crippen LogP) is 2.60. The molecular weight excluding hydrogens is 262 g/mol. The Labute approximate surface area is 127 Å². The van der Waals surface area contributed by atoms with Gasteiger partial charge >= 0.3 is 0 Å². The van der Waals surface area contributed by atoms with E-state index in [1.165, 1.54) is 0 Å². The smallest absolute Gasteiger partial charge is 0.251 e. The van der Waals surface area contributed by atoms with E-state index >= 15 is 0 Å². The summed E-state index contributed by atoms with van der Waals surface area (Å²) in [6.45, 7) is 8.23. The van der Waals surface area contributed by atoms with Crippen LogP contribution < -0.4 is 5.32 Å². The highest BCUT2D eigenvalue weighted by molar-refractivity contribution is 5.95. The van der Waals surface area contributed by atoms with Crippen LogP contribution in [0.5, 0.6) is 0 Å². The average Bonchev–Trinajstić information content (AvgIpc) is 2.51. The molecule has 0 bridgehead atoms. The third-order valence-corrected chi connectivity index (χ3v) is 3.61. The molecule has 0 atom stereocenters. The molecule has 0 unspecified atom stereocenters. The van der Waals surface area contributed by atoms with Crippen LogP contribution in [-0.2, 0) is 6.42 Å². The van der Waals surface area contributed by atoms with Gasteiger partial charge < -0.3 is 10.2 Å². The Morgan fingerprint density at radius 3 is 2.62 bits per heavy atom. The Morgan fingerprint density at radius 2 is 1.95 bits per heavy atom. The third kappa shape index (κ3) is 5.97. The Balaban J connectivity index is 2.36. The maximum absolute atomic E-state index is 12.1. The normalized spacial score (nSPS) is 10.4. The molecule has 1 aromatic carbocycles. The first-order valence-corrected chi connectivity index (χ1v) is 7.68. The van der Waals surface area contributed by atoms with E-state index in [1.54, 1.807) is 6.07 Å². The molecule has 1 N–H and O–H groups in total. The van der Waals surface area contributed by atoms with E-state index in [4.69, 9.17) is 5.26 Å². The van der Waals surface area contributed by atoms with Crippen molar-refractivity contribution in [1.82, 2.24) is 10.2 Å². The largest absolute Gasteiger partial charge is 0.352 e. The van der Waals surface area contributed by atoms with Crippen LogP contribution >= 0.6 is 0 Å². The molecule has 1 aromatic rings. The second-order valence-electron chi connectivity index (χ2n) is 4.98. The fraction of sp³-hybridized carbons (Fsp3) is 0.529. The van der Waals surface area contributed by atoms with Gasteiger partial charge in [0.15, 0.2) is 0 Å². The monoisotopic (exact) mass is 287 g/mol. The molecule has 0 fully saturated rings. The van der Waals surface area contributed by atoms with Crippen molar-refractivity contribution in [2.45, 2.75) is 33.1 Å². The first-order chi connectivity index (χ1) is 10.2. The number of rotatable bonds is 9. The van der Waals surface area contributed by atoms with E-state index in [-0.39, 0.29) is 12.3 Å². The molecule has 114 valence electrons. The number of nitriles is 1. The number of hydrogen-bond donors (Lipinski definition) is 1. The highest BCUT2D eigenvalue weighted by Crippen LogP contribution is 2.09. The highest BCUT2D eigenvalue weighted by Gasteiger charge is 2.09. The lowest BCUT2D eigenvalue weighted by Gasteiger charge is -2.17. The molecule has 1 amide bonds. The Morgan fingerprint density at radius 1 is 1.24 bits per heavy atom. The number of nitrogens with one attached hydrogen (secondary N) is 1. The molecule has 0 saturated carbocycles. The van der Waals surface area contributed by atoms with Crippen LogP contribution in [0.15, 0.2) is 24.3 Å². The van der Waals surface area contributed by atoms with E-state index in [9.17, 15) is 4.79 Å². The van der Waals surface area contributed by atoms with Crippen molar-refractivity contribution < 1.29 is 4.79 Å². The van der Waals surface area contributed by atoms with E-state index in [1.807, 2.05) is 18.2 Å². The van der Waals surface area contributed by atoms with E-state index in [0.29, 0.717) is 12.1 Å². The van der Waals surface area contributed by atoms with Crippen LogP contribution in [0.1, 0.15) is 42.6 Å². The molecule has 0 radical (unpaired) electrons. The lowest BCUT2D eigenvalue weighted by Crippen LogP contribution is -2.27. The lowest BCUT2D eigenvalue weighted by molar-refractivity contribution is 0.0952. The van der Waals surface area contributed by atoms with Gasteiger partial charge in [-0.15, -0.1) is 0 Å². The van der Waals surface area contributed by atoms with Crippen molar-refractivity contribution in [2.75, 3.05) is 26.2 Å². The van der Waals surface area contributed by atoms with Crippen LogP contribution in [-0.4, -0.2) is 37.0 Å². The van der Waals surface area contributed by atoms with Crippen LogP contribution in [0.2, 0.25) is 0 Å². The van der Waals surface area contributed by atoms with Crippen LogP contribution in [0.4, 0.5) is 0 Å². The van der Waals surface area contributed by atoms with Gasteiger partial charge in [-0.2, -0.15) is 5.26 Å². The van der Waals surface area contributed by atoms with E-state index in [0.717, 1.165) is 38.0 Å². The maximum Gasteiger partial charge on any atom is 0.251 e. The fourth-order valence-electron chi connectivity index (χ4n) is 2.28. The highest BCUT2D eigenvalue weighted by atomic mass is 16.1. The second-order valence-corrected chi connectivity index (χ2v) is 4.98. The van der Waals surface area contributed by atoms with Crippen LogP contribution in [0.3, 0.4) is 0 Å². The molecule has 0 aliphatic carbocycles. The number of nitrogens with zero attached hydrogens (tertiary/aromatic N) is 2. The van der Waals surface area contributed by atoms with Crippen LogP contribution in [0, 0.1) is 11.3 Å². The van der Waals surface area contributed by atoms with Gasteiger partial charge in [-0.1, -0.05) is 32.0 Å². The van der Waals surface area contributed by atoms with Gasteiger partial charge in [0.25, 0.3) is 5.91 Å². The summed E-state index contributed by atoms with van der Waals surface area (Å²) in [6, 6.07) is 9.39.